The average molecular weight is 221 g/mol. The highest BCUT2D eigenvalue weighted by Crippen LogP contribution is 2.50. The largest absolute Gasteiger partial charge is 0.480 e. The number of hydrogen-bond acceptors (Lipinski definition) is 3. The Labute approximate surface area is 94.0 Å². The fourth-order valence-electron chi connectivity index (χ4n) is 2.01. The summed E-state index contributed by atoms with van der Waals surface area (Å²) in [5.41, 5.74) is 6.92. The van der Waals surface area contributed by atoms with E-state index in [-0.39, 0.29) is 5.60 Å². The van der Waals surface area contributed by atoms with Gasteiger partial charge in [-0.15, -0.1) is 0 Å². The van der Waals surface area contributed by atoms with E-state index in [0.717, 1.165) is 18.4 Å². The predicted molar refractivity (Wildman–Crippen MR) is 58.9 cm³/mol. The number of benzene rings is 1. The summed E-state index contributed by atoms with van der Waals surface area (Å²) >= 11 is 0. The van der Waals surface area contributed by atoms with Crippen molar-refractivity contribution in [3.05, 3.63) is 35.4 Å². The molecule has 86 valence electrons. The topological polar surface area (TPSA) is 72.5 Å². The van der Waals surface area contributed by atoms with E-state index in [1.54, 1.807) is 19.2 Å². The zero-order chi connectivity index (χ0) is 11.8. The number of methoxy groups -OCH3 is 1. The van der Waals surface area contributed by atoms with Crippen LogP contribution in [-0.2, 0) is 15.1 Å². The van der Waals surface area contributed by atoms with Gasteiger partial charge in [-0.2, -0.15) is 0 Å². The molecule has 0 aromatic heterocycles. The van der Waals surface area contributed by atoms with Gasteiger partial charge in [0.25, 0.3) is 0 Å². The van der Waals surface area contributed by atoms with E-state index in [0.29, 0.717) is 5.56 Å². The zero-order valence-electron chi connectivity index (χ0n) is 9.14. The normalized spacial score (nSPS) is 19.1. The fraction of sp³-hybridized carbons (Fsp3) is 0.417. The number of carbonyl (C=O) groups is 1. The van der Waals surface area contributed by atoms with Gasteiger partial charge in [0, 0.05) is 7.11 Å². The molecule has 1 aromatic rings. The first-order chi connectivity index (χ1) is 7.60. The van der Waals surface area contributed by atoms with E-state index in [2.05, 4.69) is 0 Å². The van der Waals surface area contributed by atoms with E-state index < -0.39 is 12.0 Å². The summed E-state index contributed by atoms with van der Waals surface area (Å²) in [5, 5.41) is 8.95. The van der Waals surface area contributed by atoms with Crippen molar-refractivity contribution in [3.63, 3.8) is 0 Å². The maximum absolute atomic E-state index is 10.9. The summed E-state index contributed by atoms with van der Waals surface area (Å²) in [6.45, 7) is 0. The van der Waals surface area contributed by atoms with E-state index in [1.165, 1.54) is 0 Å². The summed E-state index contributed by atoms with van der Waals surface area (Å²) in [4.78, 5) is 10.9. The van der Waals surface area contributed by atoms with Crippen molar-refractivity contribution in [3.8, 4) is 0 Å². The van der Waals surface area contributed by atoms with Crippen LogP contribution in [0.25, 0.3) is 0 Å². The molecule has 2 rings (SSSR count). The van der Waals surface area contributed by atoms with E-state index >= 15 is 0 Å². The molecule has 4 nitrogen and oxygen atoms in total. The van der Waals surface area contributed by atoms with E-state index in [9.17, 15) is 4.79 Å². The molecule has 1 unspecified atom stereocenters. The van der Waals surface area contributed by atoms with Crippen molar-refractivity contribution in [2.75, 3.05) is 7.11 Å². The van der Waals surface area contributed by atoms with Crippen molar-refractivity contribution >= 4 is 5.97 Å². The lowest BCUT2D eigenvalue weighted by molar-refractivity contribution is -0.138. The molecule has 1 aliphatic carbocycles. The summed E-state index contributed by atoms with van der Waals surface area (Å²) in [6, 6.07) is 6.35. The van der Waals surface area contributed by atoms with Crippen LogP contribution in [0.15, 0.2) is 24.3 Å². The molecule has 0 bridgehead atoms. The Kier molecular flexibility index (Phi) is 2.69. The second kappa shape index (κ2) is 3.88. The Morgan fingerprint density at radius 2 is 2.12 bits per heavy atom. The SMILES string of the molecule is COC1(c2ccccc2C(N)C(=O)O)CC1. The van der Waals surface area contributed by atoms with Gasteiger partial charge < -0.3 is 15.6 Å². The van der Waals surface area contributed by atoms with Crippen LogP contribution < -0.4 is 5.73 Å². The average Bonchev–Trinajstić information content (AvgIpc) is 3.09. The molecule has 1 aliphatic rings. The molecule has 0 heterocycles. The van der Waals surface area contributed by atoms with Crippen molar-refractivity contribution in [2.24, 2.45) is 5.73 Å². The minimum Gasteiger partial charge on any atom is -0.480 e. The number of rotatable bonds is 4. The zero-order valence-corrected chi connectivity index (χ0v) is 9.14. The fourth-order valence-corrected chi connectivity index (χ4v) is 2.01. The molecule has 1 fully saturated rings. The van der Waals surface area contributed by atoms with E-state index in [4.69, 9.17) is 15.6 Å². The lowest BCUT2D eigenvalue weighted by Crippen LogP contribution is -2.24. The van der Waals surface area contributed by atoms with Gasteiger partial charge in [-0.05, 0) is 24.0 Å². The molecule has 1 aromatic carbocycles. The molecule has 1 atom stereocenters. The van der Waals surface area contributed by atoms with Gasteiger partial charge in [-0.1, -0.05) is 24.3 Å². The minimum atomic E-state index is -1.01. The quantitative estimate of drug-likeness (QED) is 0.806. The highest BCUT2D eigenvalue weighted by atomic mass is 16.5. The summed E-state index contributed by atoms with van der Waals surface area (Å²) in [5.74, 6) is -1.01. The third kappa shape index (κ3) is 1.70. The maximum atomic E-state index is 10.9. The molecular formula is C12H15NO3. The minimum absolute atomic E-state index is 0.302. The van der Waals surface area contributed by atoms with E-state index in [1.807, 2.05) is 12.1 Å². The Hall–Kier alpha value is -1.39. The molecule has 0 aliphatic heterocycles. The van der Waals surface area contributed by atoms with Gasteiger partial charge in [0.1, 0.15) is 6.04 Å². The van der Waals surface area contributed by atoms with Crippen LogP contribution in [0.3, 0.4) is 0 Å². The van der Waals surface area contributed by atoms with Crippen LogP contribution in [-0.4, -0.2) is 18.2 Å². The molecule has 0 spiro atoms. The first-order valence-corrected chi connectivity index (χ1v) is 5.24. The maximum Gasteiger partial charge on any atom is 0.325 e. The number of aliphatic carboxylic acids is 1. The number of carboxylic acids is 1. The molecule has 1 saturated carbocycles. The highest BCUT2D eigenvalue weighted by Gasteiger charge is 2.46. The van der Waals surface area contributed by atoms with Crippen LogP contribution in [0.4, 0.5) is 0 Å². The van der Waals surface area contributed by atoms with Crippen molar-refractivity contribution in [1.82, 2.24) is 0 Å². The van der Waals surface area contributed by atoms with Crippen LogP contribution in [0.1, 0.15) is 30.0 Å². The first-order valence-electron chi connectivity index (χ1n) is 5.24. The Bertz CT molecular complexity index is 412. The Balaban J connectivity index is 2.42. The molecular weight excluding hydrogens is 206 g/mol. The lowest BCUT2D eigenvalue weighted by atomic mass is 9.95. The number of hydrogen-bond donors (Lipinski definition) is 2. The summed E-state index contributed by atoms with van der Waals surface area (Å²) < 4.78 is 5.46. The lowest BCUT2D eigenvalue weighted by Gasteiger charge is -2.20. The van der Waals surface area contributed by atoms with Crippen LogP contribution in [0.5, 0.6) is 0 Å². The van der Waals surface area contributed by atoms with Gasteiger partial charge >= 0.3 is 5.97 Å². The molecule has 0 radical (unpaired) electrons. The van der Waals surface area contributed by atoms with Gasteiger partial charge in [0.05, 0.1) is 5.60 Å². The van der Waals surface area contributed by atoms with Crippen molar-refractivity contribution in [1.29, 1.82) is 0 Å². The van der Waals surface area contributed by atoms with Crippen molar-refractivity contribution < 1.29 is 14.6 Å². The highest BCUT2D eigenvalue weighted by molar-refractivity contribution is 5.76. The van der Waals surface area contributed by atoms with Gasteiger partial charge in [0.2, 0.25) is 0 Å². The molecule has 4 heteroatoms. The molecule has 0 amide bonds. The monoisotopic (exact) mass is 221 g/mol. The molecule has 16 heavy (non-hydrogen) atoms. The van der Waals surface area contributed by atoms with Crippen LogP contribution >= 0.6 is 0 Å². The molecule has 0 saturated heterocycles. The Morgan fingerprint density at radius 3 is 2.62 bits per heavy atom. The smallest absolute Gasteiger partial charge is 0.325 e. The number of ether oxygens (including phenoxy) is 1. The second-order valence-electron chi connectivity index (χ2n) is 4.10. The Morgan fingerprint density at radius 1 is 1.50 bits per heavy atom. The van der Waals surface area contributed by atoms with Crippen LogP contribution in [0, 0.1) is 0 Å². The number of carboxylic acid groups (broad SMARTS) is 1. The number of nitrogens with two attached hydrogens (primary N) is 1. The van der Waals surface area contributed by atoms with Gasteiger partial charge in [-0.3, -0.25) is 4.79 Å². The third-order valence-electron chi connectivity index (χ3n) is 3.15. The summed E-state index contributed by atoms with van der Waals surface area (Å²) in [6.07, 6.45) is 1.85. The first kappa shape index (κ1) is 11.1. The predicted octanol–water partition coefficient (Wildman–Crippen LogP) is 1.41. The third-order valence-corrected chi connectivity index (χ3v) is 3.15. The van der Waals surface area contributed by atoms with Crippen LogP contribution in [0.2, 0.25) is 0 Å². The van der Waals surface area contributed by atoms with Crippen molar-refractivity contribution in [2.45, 2.75) is 24.5 Å². The second-order valence-corrected chi connectivity index (χ2v) is 4.10. The van der Waals surface area contributed by atoms with Gasteiger partial charge in [0.15, 0.2) is 0 Å². The molecule has 3 N–H and O–H groups in total. The van der Waals surface area contributed by atoms with Gasteiger partial charge in [-0.25, -0.2) is 0 Å². The summed E-state index contributed by atoms with van der Waals surface area (Å²) in [7, 11) is 1.65. The standard InChI is InChI=1S/C12H15NO3/c1-16-12(6-7-12)9-5-3-2-4-8(9)10(13)11(14)15/h2-5,10H,6-7,13H2,1H3,(H,14,15).